The van der Waals surface area contributed by atoms with E-state index in [0.717, 1.165) is 11.4 Å². The molecule has 0 saturated heterocycles. The number of nitrogens with two attached hydrogens (primary N) is 1. The second kappa shape index (κ2) is 6.39. The highest BCUT2D eigenvalue weighted by atomic mass is 16.5. The Bertz CT molecular complexity index is 544. The maximum Gasteiger partial charge on any atom is 0.215 e. The van der Waals surface area contributed by atoms with Crippen LogP contribution in [0.25, 0.3) is 0 Å². The molecule has 1 aromatic heterocycles. The summed E-state index contributed by atoms with van der Waals surface area (Å²) in [7, 11) is 0. The lowest BCUT2D eigenvalue weighted by Gasteiger charge is -2.30. The maximum atomic E-state index is 5.96. The van der Waals surface area contributed by atoms with Gasteiger partial charge in [-0.3, -0.25) is 0 Å². The zero-order valence-electron chi connectivity index (χ0n) is 12.0. The van der Waals surface area contributed by atoms with Gasteiger partial charge >= 0.3 is 0 Å². The number of anilines is 1. The molecular formula is C16H21N3O. The molecule has 4 nitrogen and oxygen atoms in total. The number of rotatable bonds is 6. The summed E-state index contributed by atoms with van der Waals surface area (Å²) in [6.07, 6.45) is 0. The van der Waals surface area contributed by atoms with Gasteiger partial charge in [0.15, 0.2) is 0 Å². The van der Waals surface area contributed by atoms with Crippen molar-refractivity contribution in [2.24, 2.45) is 5.73 Å². The van der Waals surface area contributed by atoms with Gasteiger partial charge in [0, 0.05) is 12.6 Å². The molecule has 4 heteroatoms. The number of aromatic nitrogens is 1. The van der Waals surface area contributed by atoms with Gasteiger partial charge in [-0.2, -0.15) is 4.98 Å². The fraction of sp³-hybridized carbons (Fsp3) is 0.312. The second-order valence-electron chi connectivity index (χ2n) is 4.82. The van der Waals surface area contributed by atoms with E-state index >= 15 is 0 Å². The molecule has 0 amide bonds. The SMILES string of the molecule is CCOc1cccc(NC(C)(CN)c2ccccc2)n1. The van der Waals surface area contributed by atoms with Crippen molar-refractivity contribution in [3.63, 3.8) is 0 Å². The van der Waals surface area contributed by atoms with Gasteiger partial charge in [-0.25, -0.2) is 0 Å². The minimum Gasteiger partial charge on any atom is -0.478 e. The molecule has 2 rings (SSSR count). The summed E-state index contributed by atoms with van der Waals surface area (Å²) in [5.41, 5.74) is 6.73. The van der Waals surface area contributed by atoms with Crippen LogP contribution in [0, 0.1) is 0 Å². The molecule has 1 unspecified atom stereocenters. The number of hydrogen-bond acceptors (Lipinski definition) is 4. The summed E-state index contributed by atoms with van der Waals surface area (Å²) in [4.78, 5) is 4.43. The molecule has 0 saturated carbocycles. The molecule has 1 heterocycles. The fourth-order valence-electron chi connectivity index (χ4n) is 2.04. The van der Waals surface area contributed by atoms with Crippen LogP contribution in [0.2, 0.25) is 0 Å². The van der Waals surface area contributed by atoms with Crippen molar-refractivity contribution in [1.82, 2.24) is 4.98 Å². The van der Waals surface area contributed by atoms with Crippen LogP contribution in [-0.2, 0) is 5.54 Å². The van der Waals surface area contributed by atoms with E-state index < -0.39 is 0 Å². The van der Waals surface area contributed by atoms with Crippen LogP contribution < -0.4 is 15.8 Å². The Balaban J connectivity index is 2.24. The number of nitrogens with zero attached hydrogens (tertiary/aromatic N) is 1. The number of benzene rings is 1. The molecular weight excluding hydrogens is 250 g/mol. The van der Waals surface area contributed by atoms with Gasteiger partial charge in [-0.05, 0) is 25.5 Å². The Morgan fingerprint density at radius 3 is 2.55 bits per heavy atom. The Hall–Kier alpha value is -2.07. The normalized spacial score (nSPS) is 13.6. The third kappa shape index (κ3) is 3.27. The zero-order valence-corrected chi connectivity index (χ0v) is 12.0. The van der Waals surface area contributed by atoms with Crippen molar-refractivity contribution >= 4 is 5.82 Å². The van der Waals surface area contributed by atoms with E-state index in [-0.39, 0.29) is 5.54 Å². The van der Waals surface area contributed by atoms with E-state index in [0.29, 0.717) is 19.0 Å². The van der Waals surface area contributed by atoms with E-state index in [1.165, 1.54) is 0 Å². The molecule has 106 valence electrons. The minimum atomic E-state index is -0.362. The highest BCUT2D eigenvalue weighted by Gasteiger charge is 2.25. The first-order chi connectivity index (χ1) is 9.68. The van der Waals surface area contributed by atoms with Crippen molar-refractivity contribution in [2.75, 3.05) is 18.5 Å². The highest BCUT2D eigenvalue weighted by molar-refractivity contribution is 5.43. The van der Waals surface area contributed by atoms with Crippen LogP contribution in [0.4, 0.5) is 5.82 Å². The smallest absolute Gasteiger partial charge is 0.215 e. The average molecular weight is 271 g/mol. The second-order valence-corrected chi connectivity index (χ2v) is 4.82. The molecule has 20 heavy (non-hydrogen) atoms. The fourth-order valence-corrected chi connectivity index (χ4v) is 2.04. The molecule has 0 radical (unpaired) electrons. The first kappa shape index (κ1) is 14.3. The number of pyridine rings is 1. The Morgan fingerprint density at radius 2 is 1.90 bits per heavy atom. The third-order valence-electron chi connectivity index (χ3n) is 3.24. The molecule has 0 aliphatic heterocycles. The Labute approximate surface area is 120 Å². The summed E-state index contributed by atoms with van der Waals surface area (Å²) < 4.78 is 5.42. The molecule has 0 spiro atoms. The van der Waals surface area contributed by atoms with Gasteiger partial charge in [-0.1, -0.05) is 36.4 Å². The summed E-state index contributed by atoms with van der Waals surface area (Å²) in [5.74, 6) is 1.37. The van der Waals surface area contributed by atoms with Gasteiger partial charge in [0.05, 0.1) is 12.1 Å². The third-order valence-corrected chi connectivity index (χ3v) is 3.24. The van der Waals surface area contributed by atoms with E-state index in [1.54, 1.807) is 0 Å². The van der Waals surface area contributed by atoms with Crippen LogP contribution in [0.15, 0.2) is 48.5 Å². The number of hydrogen-bond donors (Lipinski definition) is 2. The maximum absolute atomic E-state index is 5.96. The summed E-state index contributed by atoms with van der Waals surface area (Å²) in [6, 6.07) is 15.8. The predicted molar refractivity (Wildman–Crippen MR) is 81.9 cm³/mol. The van der Waals surface area contributed by atoms with E-state index in [9.17, 15) is 0 Å². The van der Waals surface area contributed by atoms with Crippen molar-refractivity contribution < 1.29 is 4.74 Å². The zero-order chi connectivity index (χ0) is 14.4. The lowest BCUT2D eigenvalue weighted by Crippen LogP contribution is -2.39. The molecule has 1 atom stereocenters. The first-order valence-electron chi connectivity index (χ1n) is 6.81. The van der Waals surface area contributed by atoms with Crippen LogP contribution >= 0.6 is 0 Å². The Morgan fingerprint density at radius 1 is 1.15 bits per heavy atom. The van der Waals surface area contributed by atoms with E-state index in [1.807, 2.05) is 43.3 Å². The molecule has 0 bridgehead atoms. The standard InChI is InChI=1S/C16H21N3O/c1-3-20-15-11-7-10-14(18-15)19-16(2,12-17)13-8-5-4-6-9-13/h4-11H,3,12,17H2,1-2H3,(H,18,19). The van der Waals surface area contributed by atoms with E-state index in [2.05, 4.69) is 29.4 Å². The van der Waals surface area contributed by atoms with Crippen LogP contribution in [0.5, 0.6) is 5.88 Å². The molecule has 0 aliphatic carbocycles. The van der Waals surface area contributed by atoms with Crippen LogP contribution in [-0.4, -0.2) is 18.1 Å². The van der Waals surface area contributed by atoms with Gasteiger partial charge in [0.1, 0.15) is 5.82 Å². The molecule has 2 aromatic rings. The van der Waals surface area contributed by atoms with E-state index in [4.69, 9.17) is 10.5 Å². The quantitative estimate of drug-likeness (QED) is 0.848. The van der Waals surface area contributed by atoms with Crippen molar-refractivity contribution in [3.05, 3.63) is 54.1 Å². The average Bonchev–Trinajstić information content (AvgIpc) is 2.49. The Kier molecular flexibility index (Phi) is 4.58. The minimum absolute atomic E-state index is 0.362. The molecule has 0 fully saturated rings. The topological polar surface area (TPSA) is 60.2 Å². The van der Waals surface area contributed by atoms with Gasteiger partial charge in [0.25, 0.3) is 0 Å². The van der Waals surface area contributed by atoms with Gasteiger partial charge in [0.2, 0.25) is 5.88 Å². The van der Waals surface area contributed by atoms with Crippen molar-refractivity contribution in [3.8, 4) is 5.88 Å². The van der Waals surface area contributed by atoms with Crippen molar-refractivity contribution in [1.29, 1.82) is 0 Å². The largest absolute Gasteiger partial charge is 0.478 e. The van der Waals surface area contributed by atoms with Crippen molar-refractivity contribution in [2.45, 2.75) is 19.4 Å². The summed E-state index contributed by atoms with van der Waals surface area (Å²) in [6.45, 7) is 5.08. The van der Waals surface area contributed by atoms with Gasteiger partial charge < -0.3 is 15.8 Å². The monoisotopic (exact) mass is 271 g/mol. The summed E-state index contributed by atoms with van der Waals surface area (Å²) in [5, 5.41) is 3.40. The molecule has 0 aliphatic rings. The lowest BCUT2D eigenvalue weighted by atomic mass is 9.92. The van der Waals surface area contributed by atoms with Gasteiger partial charge in [-0.15, -0.1) is 0 Å². The number of ether oxygens (including phenoxy) is 1. The summed E-state index contributed by atoms with van der Waals surface area (Å²) >= 11 is 0. The van der Waals surface area contributed by atoms with Crippen LogP contribution in [0.1, 0.15) is 19.4 Å². The molecule has 1 aromatic carbocycles. The first-order valence-corrected chi connectivity index (χ1v) is 6.81. The molecule has 3 N–H and O–H groups in total. The highest BCUT2D eigenvalue weighted by Crippen LogP contribution is 2.25. The predicted octanol–water partition coefficient (Wildman–Crippen LogP) is 2.77. The lowest BCUT2D eigenvalue weighted by molar-refractivity contribution is 0.327. The van der Waals surface area contributed by atoms with Crippen LogP contribution in [0.3, 0.4) is 0 Å². The number of nitrogens with one attached hydrogen (secondary N) is 1.